The highest BCUT2D eigenvalue weighted by Gasteiger charge is 2.40. The molecule has 6 nitrogen and oxygen atoms in total. The smallest absolute Gasteiger partial charge is 0.450 e. The Labute approximate surface area is 158 Å². The molecule has 150 valence electrons. The Morgan fingerprint density at radius 2 is 1.96 bits per heavy atom. The topological polar surface area (TPSA) is 66.5 Å². The molecule has 0 unspecified atom stereocenters. The molecule has 0 aliphatic rings. The van der Waals surface area contributed by atoms with Gasteiger partial charge in [0.25, 0.3) is 0 Å². The SMILES string of the molecule is CCCCn1cc(-c2c(C(F)(F)F)oc3c(OC)c(OC)ccc3c2=O)cn1. The van der Waals surface area contributed by atoms with Crippen molar-refractivity contribution in [2.24, 2.45) is 0 Å². The van der Waals surface area contributed by atoms with Crippen molar-refractivity contribution in [2.75, 3.05) is 14.2 Å². The van der Waals surface area contributed by atoms with Crippen LogP contribution in [-0.4, -0.2) is 24.0 Å². The number of aryl methyl sites for hydroxylation is 1. The second-order valence-electron chi connectivity index (χ2n) is 6.16. The van der Waals surface area contributed by atoms with Gasteiger partial charge in [-0.25, -0.2) is 0 Å². The molecule has 1 aromatic carbocycles. The highest BCUT2D eigenvalue weighted by Crippen LogP contribution is 2.41. The molecule has 9 heteroatoms. The van der Waals surface area contributed by atoms with Crippen LogP contribution < -0.4 is 14.9 Å². The Kier molecular flexibility index (Phi) is 5.35. The summed E-state index contributed by atoms with van der Waals surface area (Å²) in [5.74, 6) is -1.31. The van der Waals surface area contributed by atoms with E-state index in [4.69, 9.17) is 13.9 Å². The summed E-state index contributed by atoms with van der Waals surface area (Å²) in [7, 11) is 2.60. The number of benzene rings is 1. The van der Waals surface area contributed by atoms with Gasteiger partial charge >= 0.3 is 6.18 Å². The fourth-order valence-corrected chi connectivity index (χ4v) is 2.97. The normalized spacial score (nSPS) is 11.8. The van der Waals surface area contributed by atoms with Crippen LogP contribution in [-0.2, 0) is 12.7 Å². The molecule has 0 radical (unpaired) electrons. The van der Waals surface area contributed by atoms with E-state index in [0.29, 0.717) is 6.54 Å². The van der Waals surface area contributed by atoms with Crippen LogP contribution >= 0.6 is 0 Å². The summed E-state index contributed by atoms with van der Waals surface area (Å²) in [6, 6.07) is 2.80. The van der Waals surface area contributed by atoms with Crippen molar-refractivity contribution in [3.63, 3.8) is 0 Å². The molecule has 0 amide bonds. The standard InChI is InChI=1S/C19H19F3N2O4/c1-4-5-8-24-10-11(9-23-24)14-15(25)12-6-7-13(26-2)17(27-3)16(12)28-18(14)19(20,21)22/h6-7,9-10H,4-5,8H2,1-3H3. The van der Waals surface area contributed by atoms with Crippen LogP contribution in [0.1, 0.15) is 25.5 Å². The van der Waals surface area contributed by atoms with E-state index in [0.717, 1.165) is 12.8 Å². The van der Waals surface area contributed by atoms with Gasteiger partial charge in [-0.2, -0.15) is 18.3 Å². The number of hydrogen-bond donors (Lipinski definition) is 0. The molecule has 0 spiro atoms. The second kappa shape index (κ2) is 7.57. The maximum absolute atomic E-state index is 13.7. The van der Waals surface area contributed by atoms with Crippen molar-refractivity contribution < 1.29 is 27.1 Å². The van der Waals surface area contributed by atoms with Crippen LogP contribution in [0.25, 0.3) is 22.1 Å². The molecule has 0 atom stereocenters. The van der Waals surface area contributed by atoms with Gasteiger partial charge in [0.15, 0.2) is 11.3 Å². The van der Waals surface area contributed by atoms with Gasteiger partial charge in [0.1, 0.15) is 0 Å². The lowest BCUT2D eigenvalue weighted by atomic mass is 10.0. The third-order valence-electron chi connectivity index (χ3n) is 4.32. The van der Waals surface area contributed by atoms with Gasteiger partial charge in [0, 0.05) is 18.3 Å². The van der Waals surface area contributed by atoms with E-state index in [1.165, 1.54) is 43.4 Å². The van der Waals surface area contributed by atoms with E-state index in [9.17, 15) is 18.0 Å². The number of alkyl halides is 3. The first-order valence-electron chi connectivity index (χ1n) is 8.63. The molecule has 28 heavy (non-hydrogen) atoms. The average Bonchev–Trinajstić information content (AvgIpc) is 3.12. The quantitative estimate of drug-likeness (QED) is 0.614. The van der Waals surface area contributed by atoms with Gasteiger partial charge in [-0.1, -0.05) is 13.3 Å². The molecule has 0 N–H and O–H groups in total. The van der Waals surface area contributed by atoms with Gasteiger partial charge in [0.2, 0.25) is 16.9 Å². The lowest BCUT2D eigenvalue weighted by Crippen LogP contribution is -2.16. The minimum Gasteiger partial charge on any atom is -0.493 e. The number of fused-ring (bicyclic) bond motifs is 1. The van der Waals surface area contributed by atoms with Crippen molar-refractivity contribution in [1.82, 2.24) is 9.78 Å². The molecule has 0 fully saturated rings. The zero-order valence-electron chi connectivity index (χ0n) is 15.6. The monoisotopic (exact) mass is 396 g/mol. The van der Waals surface area contributed by atoms with Gasteiger partial charge in [-0.3, -0.25) is 9.48 Å². The molecule has 0 aliphatic carbocycles. The van der Waals surface area contributed by atoms with Gasteiger partial charge < -0.3 is 13.9 Å². The Bertz CT molecular complexity index is 1050. The first-order chi connectivity index (χ1) is 13.3. The summed E-state index contributed by atoms with van der Waals surface area (Å²) >= 11 is 0. The van der Waals surface area contributed by atoms with Crippen LogP contribution in [0.15, 0.2) is 33.7 Å². The molecule has 0 saturated carbocycles. The summed E-state index contributed by atoms with van der Waals surface area (Å²) in [4.78, 5) is 13.0. The molecular formula is C19H19F3N2O4. The Balaban J connectivity index is 2.32. The molecule has 0 bridgehead atoms. The van der Waals surface area contributed by atoms with Crippen LogP contribution in [0.4, 0.5) is 13.2 Å². The van der Waals surface area contributed by atoms with E-state index in [2.05, 4.69) is 5.10 Å². The third-order valence-corrected chi connectivity index (χ3v) is 4.32. The number of nitrogens with zero attached hydrogens (tertiary/aromatic N) is 2. The largest absolute Gasteiger partial charge is 0.493 e. The fraction of sp³-hybridized carbons (Fsp3) is 0.368. The van der Waals surface area contributed by atoms with E-state index >= 15 is 0 Å². The van der Waals surface area contributed by atoms with Crippen LogP contribution in [0.2, 0.25) is 0 Å². The number of ether oxygens (including phenoxy) is 2. The van der Waals surface area contributed by atoms with Gasteiger partial charge in [-0.05, 0) is 18.6 Å². The first kappa shape index (κ1) is 19.8. The number of halogens is 3. The van der Waals surface area contributed by atoms with Crippen molar-refractivity contribution >= 4 is 11.0 Å². The molecule has 3 rings (SSSR count). The highest BCUT2D eigenvalue weighted by atomic mass is 19.4. The van der Waals surface area contributed by atoms with E-state index in [1.807, 2.05) is 6.92 Å². The average molecular weight is 396 g/mol. The zero-order valence-corrected chi connectivity index (χ0v) is 15.6. The number of unbranched alkanes of at least 4 members (excludes halogenated alkanes) is 1. The molecule has 2 heterocycles. The number of hydrogen-bond acceptors (Lipinski definition) is 5. The molecule has 3 aromatic rings. The van der Waals surface area contributed by atoms with Crippen LogP contribution in [0.3, 0.4) is 0 Å². The maximum Gasteiger partial charge on any atom is 0.450 e. The Morgan fingerprint density at radius 3 is 2.57 bits per heavy atom. The van der Waals surface area contributed by atoms with Crippen molar-refractivity contribution in [1.29, 1.82) is 0 Å². The summed E-state index contributed by atoms with van der Waals surface area (Å²) in [6.45, 7) is 2.54. The summed E-state index contributed by atoms with van der Waals surface area (Å²) in [5, 5.41) is 4.02. The lowest BCUT2D eigenvalue weighted by molar-refractivity contribution is -0.152. The minimum absolute atomic E-state index is 0.0399. The first-order valence-corrected chi connectivity index (χ1v) is 8.63. The molecular weight excluding hydrogens is 377 g/mol. The molecule has 0 aliphatic heterocycles. The summed E-state index contributed by atoms with van der Waals surface area (Å²) < 4.78 is 58.1. The zero-order chi connectivity index (χ0) is 20.5. The Hall–Kier alpha value is -2.97. The van der Waals surface area contributed by atoms with Gasteiger partial charge in [0.05, 0.1) is 31.4 Å². The highest BCUT2D eigenvalue weighted by molar-refractivity contribution is 5.89. The van der Waals surface area contributed by atoms with Crippen molar-refractivity contribution in [3.05, 3.63) is 40.5 Å². The van der Waals surface area contributed by atoms with E-state index in [-0.39, 0.29) is 28.0 Å². The number of methoxy groups -OCH3 is 2. The second-order valence-corrected chi connectivity index (χ2v) is 6.16. The van der Waals surface area contributed by atoms with Gasteiger partial charge in [-0.15, -0.1) is 0 Å². The van der Waals surface area contributed by atoms with E-state index in [1.54, 1.807) is 0 Å². The number of rotatable bonds is 6. The van der Waals surface area contributed by atoms with Crippen molar-refractivity contribution in [3.8, 4) is 22.6 Å². The molecule has 2 aromatic heterocycles. The molecule has 0 saturated heterocycles. The third kappa shape index (κ3) is 3.44. The minimum atomic E-state index is -4.89. The number of aromatic nitrogens is 2. The summed E-state index contributed by atoms with van der Waals surface area (Å²) in [5.41, 5.74) is -1.66. The predicted molar refractivity (Wildman–Crippen MR) is 96.7 cm³/mol. The fourth-order valence-electron chi connectivity index (χ4n) is 2.97. The van der Waals surface area contributed by atoms with Crippen LogP contribution in [0.5, 0.6) is 11.5 Å². The lowest BCUT2D eigenvalue weighted by Gasteiger charge is -2.14. The predicted octanol–water partition coefficient (Wildman–Crippen LogP) is 4.49. The van der Waals surface area contributed by atoms with Crippen molar-refractivity contribution in [2.45, 2.75) is 32.5 Å². The van der Waals surface area contributed by atoms with E-state index < -0.39 is 22.9 Å². The Morgan fingerprint density at radius 1 is 1.21 bits per heavy atom. The van der Waals surface area contributed by atoms with Crippen LogP contribution in [0, 0.1) is 0 Å². The summed E-state index contributed by atoms with van der Waals surface area (Å²) in [6.07, 6.45) is -0.505. The maximum atomic E-state index is 13.7.